The van der Waals surface area contributed by atoms with Crippen molar-refractivity contribution in [1.82, 2.24) is 9.88 Å². The third kappa shape index (κ3) is 3.95. The fourth-order valence-corrected chi connectivity index (χ4v) is 3.68. The molecule has 1 aliphatic carbocycles. The summed E-state index contributed by atoms with van der Waals surface area (Å²) in [5, 5.41) is 9.10. The van der Waals surface area contributed by atoms with Crippen LogP contribution in [0, 0.1) is 0 Å². The molecule has 0 bridgehead atoms. The van der Waals surface area contributed by atoms with Crippen molar-refractivity contribution < 1.29 is 14.6 Å². The van der Waals surface area contributed by atoms with Gasteiger partial charge in [0.2, 0.25) is 0 Å². The van der Waals surface area contributed by atoms with E-state index in [1.54, 1.807) is 0 Å². The molecule has 1 aromatic rings. The van der Waals surface area contributed by atoms with E-state index in [2.05, 4.69) is 42.8 Å². The van der Waals surface area contributed by atoms with Gasteiger partial charge in [-0.05, 0) is 30.9 Å². The minimum Gasteiger partial charge on any atom is -0.481 e. The third-order valence-electron chi connectivity index (χ3n) is 5.06. The van der Waals surface area contributed by atoms with Crippen LogP contribution in [0.25, 0.3) is 0 Å². The molecule has 1 spiro atoms. The zero-order chi connectivity index (χ0) is 17.4. The summed E-state index contributed by atoms with van der Waals surface area (Å²) in [6, 6.07) is 4.24. The molecule has 2 aliphatic rings. The second-order valence-electron chi connectivity index (χ2n) is 8.35. The van der Waals surface area contributed by atoms with E-state index in [-0.39, 0.29) is 23.5 Å². The van der Waals surface area contributed by atoms with Crippen molar-refractivity contribution in [3.63, 3.8) is 0 Å². The highest BCUT2D eigenvalue weighted by Gasteiger charge is 2.45. The highest BCUT2D eigenvalue weighted by Crippen LogP contribution is 2.40. The maximum absolute atomic E-state index is 11.1. The second-order valence-corrected chi connectivity index (χ2v) is 8.35. The summed E-state index contributed by atoms with van der Waals surface area (Å²) in [4.78, 5) is 18.0. The van der Waals surface area contributed by atoms with Gasteiger partial charge in [0.05, 0.1) is 18.1 Å². The zero-order valence-corrected chi connectivity index (χ0v) is 14.9. The number of aromatic nitrogens is 1. The molecule has 1 N–H and O–H groups in total. The molecule has 24 heavy (non-hydrogen) atoms. The van der Waals surface area contributed by atoms with Gasteiger partial charge in [-0.3, -0.25) is 14.7 Å². The van der Waals surface area contributed by atoms with Crippen molar-refractivity contribution in [3.8, 4) is 0 Å². The van der Waals surface area contributed by atoms with E-state index in [0.717, 1.165) is 31.6 Å². The number of ether oxygens (including phenoxy) is 1. The van der Waals surface area contributed by atoms with Gasteiger partial charge >= 0.3 is 5.97 Å². The second kappa shape index (κ2) is 6.45. The van der Waals surface area contributed by atoms with Gasteiger partial charge in [-0.25, -0.2) is 0 Å². The van der Waals surface area contributed by atoms with Gasteiger partial charge < -0.3 is 9.84 Å². The van der Waals surface area contributed by atoms with Crippen LogP contribution in [0.2, 0.25) is 0 Å². The molecule has 5 nitrogen and oxygen atoms in total. The monoisotopic (exact) mass is 332 g/mol. The molecule has 1 aliphatic heterocycles. The Morgan fingerprint density at radius 1 is 1.42 bits per heavy atom. The number of carboxylic acids is 1. The number of hydrogen-bond donors (Lipinski definition) is 1. The molecule has 1 atom stereocenters. The summed E-state index contributed by atoms with van der Waals surface area (Å²) in [5.41, 5.74) is 2.21. The van der Waals surface area contributed by atoms with Crippen LogP contribution < -0.4 is 0 Å². The summed E-state index contributed by atoms with van der Waals surface area (Å²) >= 11 is 0. The molecular weight excluding hydrogens is 304 g/mol. The SMILES string of the molecule is CC(C)(C)c1ccc(CN2CC(CC(=O)O)OC3(CCC3)C2)cn1. The first kappa shape index (κ1) is 17.4. The van der Waals surface area contributed by atoms with Gasteiger partial charge in [0.15, 0.2) is 0 Å². The van der Waals surface area contributed by atoms with Crippen LogP contribution in [0.5, 0.6) is 0 Å². The van der Waals surface area contributed by atoms with E-state index in [9.17, 15) is 4.79 Å². The number of rotatable bonds is 4. The lowest BCUT2D eigenvalue weighted by molar-refractivity contribution is -0.196. The maximum Gasteiger partial charge on any atom is 0.306 e. The number of carboxylic acid groups (broad SMARTS) is 1. The predicted molar refractivity (Wildman–Crippen MR) is 91.9 cm³/mol. The van der Waals surface area contributed by atoms with Crippen LogP contribution in [-0.2, 0) is 21.5 Å². The van der Waals surface area contributed by atoms with Gasteiger partial charge in [0.25, 0.3) is 0 Å². The van der Waals surface area contributed by atoms with Crippen LogP contribution in [0.3, 0.4) is 0 Å². The predicted octanol–water partition coefficient (Wildman–Crippen LogP) is 2.98. The third-order valence-corrected chi connectivity index (χ3v) is 5.06. The Balaban J connectivity index is 1.67. The zero-order valence-electron chi connectivity index (χ0n) is 14.9. The summed E-state index contributed by atoms with van der Waals surface area (Å²) in [7, 11) is 0. The van der Waals surface area contributed by atoms with Crippen molar-refractivity contribution in [1.29, 1.82) is 0 Å². The van der Waals surface area contributed by atoms with Crippen molar-refractivity contribution in [2.75, 3.05) is 13.1 Å². The first-order valence-electron chi connectivity index (χ1n) is 8.83. The summed E-state index contributed by atoms with van der Waals surface area (Å²) in [6.45, 7) is 8.85. The van der Waals surface area contributed by atoms with Gasteiger partial charge in [-0.15, -0.1) is 0 Å². The van der Waals surface area contributed by atoms with E-state index in [1.165, 1.54) is 12.0 Å². The fourth-order valence-electron chi connectivity index (χ4n) is 3.68. The molecule has 132 valence electrons. The smallest absolute Gasteiger partial charge is 0.306 e. The molecule has 0 aromatic carbocycles. The van der Waals surface area contributed by atoms with E-state index in [0.29, 0.717) is 6.54 Å². The van der Waals surface area contributed by atoms with Gasteiger partial charge in [-0.2, -0.15) is 0 Å². The standard InChI is InChI=1S/C19H28N2O3/c1-18(2,3)16-6-5-14(10-20-16)11-21-12-15(9-17(22)23)24-19(13-21)7-4-8-19/h5-6,10,15H,4,7-9,11-13H2,1-3H3,(H,22,23). The Kier molecular flexibility index (Phi) is 4.67. The first-order valence-corrected chi connectivity index (χ1v) is 8.83. The van der Waals surface area contributed by atoms with E-state index in [1.807, 2.05) is 6.20 Å². The van der Waals surface area contributed by atoms with Crippen molar-refractivity contribution in [3.05, 3.63) is 29.6 Å². The molecule has 1 saturated carbocycles. The van der Waals surface area contributed by atoms with Gasteiger partial charge in [0, 0.05) is 36.9 Å². The molecule has 0 radical (unpaired) electrons. The fraction of sp³-hybridized carbons (Fsp3) is 0.684. The number of aliphatic carboxylic acids is 1. The Labute approximate surface area is 144 Å². The minimum absolute atomic E-state index is 0.0556. The van der Waals surface area contributed by atoms with E-state index < -0.39 is 5.97 Å². The largest absolute Gasteiger partial charge is 0.481 e. The molecule has 1 aromatic heterocycles. The Bertz CT molecular complexity index is 588. The number of carbonyl (C=O) groups is 1. The summed E-state index contributed by atoms with van der Waals surface area (Å²) in [6.07, 6.45) is 5.09. The topological polar surface area (TPSA) is 62.7 Å². The quantitative estimate of drug-likeness (QED) is 0.918. The summed E-state index contributed by atoms with van der Waals surface area (Å²) < 4.78 is 6.11. The lowest BCUT2D eigenvalue weighted by Crippen LogP contribution is -2.58. The highest BCUT2D eigenvalue weighted by atomic mass is 16.5. The maximum atomic E-state index is 11.1. The van der Waals surface area contributed by atoms with Crippen molar-refractivity contribution in [2.45, 2.75) is 70.1 Å². The van der Waals surface area contributed by atoms with Crippen LogP contribution >= 0.6 is 0 Å². The molecule has 3 rings (SSSR count). The van der Waals surface area contributed by atoms with Crippen molar-refractivity contribution >= 4 is 5.97 Å². The first-order chi connectivity index (χ1) is 11.3. The van der Waals surface area contributed by atoms with E-state index in [4.69, 9.17) is 9.84 Å². The molecule has 2 fully saturated rings. The average Bonchev–Trinajstić information content (AvgIpc) is 2.44. The lowest BCUT2D eigenvalue weighted by Gasteiger charge is -2.51. The molecule has 1 saturated heterocycles. The van der Waals surface area contributed by atoms with Crippen LogP contribution in [0.1, 0.15) is 57.7 Å². The normalized spacial score (nSPS) is 23.9. The Morgan fingerprint density at radius 3 is 2.67 bits per heavy atom. The number of hydrogen-bond acceptors (Lipinski definition) is 4. The van der Waals surface area contributed by atoms with Crippen LogP contribution in [0.15, 0.2) is 18.3 Å². The molecule has 2 heterocycles. The van der Waals surface area contributed by atoms with Gasteiger partial charge in [0.1, 0.15) is 0 Å². The number of morpholine rings is 1. The van der Waals surface area contributed by atoms with Crippen LogP contribution in [-0.4, -0.2) is 45.8 Å². The molecule has 5 heteroatoms. The molecule has 1 unspecified atom stereocenters. The minimum atomic E-state index is -0.785. The highest BCUT2D eigenvalue weighted by molar-refractivity contribution is 5.67. The summed E-state index contributed by atoms with van der Waals surface area (Å²) in [5.74, 6) is -0.785. The number of pyridine rings is 1. The molecular formula is C19H28N2O3. The van der Waals surface area contributed by atoms with Crippen LogP contribution in [0.4, 0.5) is 0 Å². The molecule has 0 amide bonds. The van der Waals surface area contributed by atoms with Gasteiger partial charge in [-0.1, -0.05) is 26.8 Å². The Morgan fingerprint density at radius 2 is 2.17 bits per heavy atom. The Hall–Kier alpha value is -1.46. The van der Waals surface area contributed by atoms with Crippen molar-refractivity contribution in [2.24, 2.45) is 0 Å². The lowest BCUT2D eigenvalue weighted by atomic mass is 9.78. The number of nitrogens with zero attached hydrogens (tertiary/aromatic N) is 2. The van der Waals surface area contributed by atoms with E-state index >= 15 is 0 Å². The average molecular weight is 332 g/mol.